The highest BCUT2D eigenvalue weighted by atomic mass is 35.5. The Kier molecular flexibility index (Phi) is 6.95. The highest BCUT2D eigenvalue weighted by Crippen LogP contribution is 2.42. The maximum Gasteiger partial charge on any atom is 0.0967 e. The average molecular weight is 335 g/mol. The van der Waals surface area contributed by atoms with E-state index in [1.165, 1.54) is 67.5 Å². The third-order valence-electron chi connectivity index (χ3n) is 5.05. The number of hydrogen-bond acceptors (Lipinski definition) is 2. The summed E-state index contributed by atoms with van der Waals surface area (Å²) in [6, 6.07) is 7.37. The minimum absolute atomic E-state index is 0. The second-order valence-electron chi connectivity index (χ2n) is 7.17. The Morgan fingerprint density at radius 2 is 1.78 bits per heavy atom. The van der Waals surface area contributed by atoms with Crippen molar-refractivity contribution >= 4 is 18.2 Å². The first-order valence-corrected chi connectivity index (χ1v) is 9.11. The van der Waals surface area contributed by atoms with Gasteiger partial charge in [0.1, 0.15) is 0 Å². The van der Waals surface area contributed by atoms with Gasteiger partial charge in [-0.1, -0.05) is 43.0 Å². The molecule has 1 unspecified atom stereocenters. The topological polar surface area (TPSA) is 24.4 Å². The van der Waals surface area contributed by atoms with Gasteiger partial charge in [0.15, 0.2) is 0 Å². The molecule has 1 aromatic carbocycles. The van der Waals surface area contributed by atoms with Crippen molar-refractivity contribution in [2.75, 3.05) is 6.54 Å². The first kappa shape index (κ1) is 18.3. The van der Waals surface area contributed by atoms with Crippen LogP contribution in [-0.2, 0) is 0 Å². The standard InChI is InChI=1S/C20H30N2.ClH/c1-15-9-12-18(16(2)14-15)20(17-10-11-17)22-19-8-6-4-3-5-7-13-21-19;/h9,12,14,17,20H,3-8,10-11,13H2,1-2H3,(H,21,22);1H. The molecule has 1 aliphatic carbocycles. The van der Waals surface area contributed by atoms with Crippen LogP contribution in [0.3, 0.4) is 0 Å². The Morgan fingerprint density at radius 1 is 1.04 bits per heavy atom. The maximum absolute atomic E-state index is 4.87. The number of benzene rings is 1. The lowest BCUT2D eigenvalue weighted by molar-refractivity contribution is 0.558. The molecule has 23 heavy (non-hydrogen) atoms. The second-order valence-corrected chi connectivity index (χ2v) is 7.17. The van der Waals surface area contributed by atoms with E-state index >= 15 is 0 Å². The maximum atomic E-state index is 4.87. The van der Waals surface area contributed by atoms with Gasteiger partial charge < -0.3 is 5.32 Å². The average Bonchev–Trinajstić information content (AvgIpc) is 3.30. The van der Waals surface area contributed by atoms with Gasteiger partial charge >= 0.3 is 0 Å². The molecule has 0 radical (unpaired) electrons. The number of amidine groups is 1. The molecule has 1 heterocycles. The monoisotopic (exact) mass is 334 g/mol. The van der Waals surface area contributed by atoms with Crippen LogP contribution in [0, 0.1) is 19.8 Å². The summed E-state index contributed by atoms with van der Waals surface area (Å²) in [6.07, 6.45) is 10.5. The van der Waals surface area contributed by atoms with Crippen LogP contribution in [-0.4, -0.2) is 12.4 Å². The van der Waals surface area contributed by atoms with Gasteiger partial charge in [-0.25, -0.2) is 0 Å². The van der Waals surface area contributed by atoms with Gasteiger partial charge in [-0.15, -0.1) is 12.4 Å². The fourth-order valence-corrected chi connectivity index (χ4v) is 3.58. The van der Waals surface area contributed by atoms with Crippen molar-refractivity contribution in [1.82, 2.24) is 5.32 Å². The summed E-state index contributed by atoms with van der Waals surface area (Å²) >= 11 is 0. The van der Waals surface area contributed by atoms with E-state index < -0.39 is 0 Å². The summed E-state index contributed by atoms with van der Waals surface area (Å²) in [7, 11) is 0. The van der Waals surface area contributed by atoms with E-state index in [0.717, 1.165) is 18.9 Å². The normalized spacial score (nSPS) is 20.3. The number of nitrogens with zero attached hydrogens (tertiary/aromatic N) is 1. The molecular weight excluding hydrogens is 304 g/mol. The molecule has 1 aliphatic heterocycles. The molecule has 0 bridgehead atoms. The molecule has 1 aromatic rings. The molecule has 2 aliphatic rings. The molecule has 0 amide bonds. The van der Waals surface area contributed by atoms with Crippen LogP contribution in [0.4, 0.5) is 0 Å². The summed E-state index contributed by atoms with van der Waals surface area (Å²) in [6.45, 7) is 5.44. The minimum atomic E-state index is 0. The van der Waals surface area contributed by atoms with Crippen molar-refractivity contribution in [3.8, 4) is 0 Å². The molecule has 1 saturated carbocycles. The fraction of sp³-hybridized carbons (Fsp3) is 0.650. The number of hydrogen-bond donors (Lipinski definition) is 1. The highest BCUT2D eigenvalue weighted by Gasteiger charge is 2.33. The fourth-order valence-electron chi connectivity index (χ4n) is 3.58. The Balaban J connectivity index is 0.00000192. The zero-order valence-electron chi connectivity index (χ0n) is 14.6. The van der Waals surface area contributed by atoms with E-state index in [1.807, 2.05) is 0 Å². The second kappa shape index (κ2) is 8.73. The van der Waals surface area contributed by atoms with Gasteiger partial charge in [-0.2, -0.15) is 0 Å². The molecule has 0 spiro atoms. The Hall–Kier alpha value is -1.02. The van der Waals surface area contributed by atoms with E-state index in [-0.39, 0.29) is 12.4 Å². The van der Waals surface area contributed by atoms with Gasteiger partial charge in [0.25, 0.3) is 0 Å². The Bertz CT molecular complexity index is 534. The van der Waals surface area contributed by atoms with Gasteiger partial charge in [-0.05, 0) is 56.6 Å². The third kappa shape index (κ3) is 5.24. The van der Waals surface area contributed by atoms with Crippen molar-refractivity contribution in [2.24, 2.45) is 10.9 Å². The largest absolute Gasteiger partial charge is 0.367 e. The number of halogens is 1. The highest BCUT2D eigenvalue weighted by molar-refractivity contribution is 5.85. The SMILES string of the molecule is Cc1ccc(C(NC2=NCCCCCCC2)C2CC2)c(C)c1.Cl. The smallest absolute Gasteiger partial charge is 0.0967 e. The summed E-state index contributed by atoms with van der Waals surface area (Å²) in [4.78, 5) is 4.87. The number of nitrogens with one attached hydrogen (secondary N) is 1. The van der Waals surface area contributed by atoms with Crippen LogP contribution in [0.15, 0.2) is 23.2 Å². The van der Waals surface area contributed by atoms with Crippen LogP contribution in [0.25, 0.3) is 0 Å². The lowest BCUT2D eigenvalue weighted by atomic mass is 9.95. The number of rotatable bonds is 3. The van der Waals surface area contributed by atoms with Crippen LogP contribution >= 0.6 is 12.4 Å². The summed E-state index contributed by atoms with van der Waals surface area (Å²) in [5.74, 6) is 2.07. The van der Waals surface area contributed by atoms with E-state index in [4.69, 9.17) is 4.99 Å². The van der Waals surface area contributed by atoms with Gasteiger partial charge in [0.05, 0.1) is 11.9 Å². The van der Waals surface area contributed by atoms with Crippen LogP contribution in [0.1, 0.15) is 74.1 Å². The van der Waals surface area contributed by atoms with E-state index in [9.17, 15) is 0 Å². The van der Waals surface area contributed by atoms with Gasteiger partial charge in [0.2, 0.25) is 0 Å². The van der Waals surface area contributed by atoms with Crippen molar-refractivity contribution in [2.45, 2.75) is 71.3 Å². The van der Waals surface area contributed by atoms with Crippen molar-refractivity contribution < 1.29 is 0 Å². The quantitative estimate of drug-likeness (QED) is 0.773. The molecule has 2 nitrogen and oxygen atoms in total. The molecule has 3 rings (SSSR count). The van der Waals surface area contributed by atoms with Gasteiger partial charge in [0, 0.05) is 13.0 Å². The molecule has 0 aromatic heterocycles. The van der Waals surface area contributed by atoms with E-state index in [0.29, 0.717) is 6.04 Å². The first-order valence-electron chi connectivity index (χ1n) is 9.11. The molecule has 1 N–H and O–H groups in total. The molecule has 0 saturated heterocycles. The Labute approximate surface area is 147 Å². The van der Waals surface area contributed by atoms with Crippen LogP contribution < -0.4 is 5.32 Å². The number of aryl methyl sites for hydroxylation is 2. The molecule has 3 heteroatoms. The molecule has 1 atom stereocenters. The summed E-state index contributed by atoms with van der Waals surface area (Å²) in [5.41, 5.74) is 4.26. The summed E-state index contributed by atoms with van der Waals surface area (Å²) in [5, 5.41) is 3.84. The zero-order chi connectivity index (χ0) is 15.4. The Morgan fingerprint density at radius 3 is 2.52 bits per heavy atom. The lowest BCUT2D eigenvalue weighted by Gasteiger charge is -2.23. The predicted octanol–water partition coefficient (Wildman–Crippen LogP) is 5.52. The first-order chi connectivity index (χ1) is 10.7. The van der Waals surface area contributed by atoms with Gasteiger partial charge in [-0.3, -0.25) is 4.99 Å². The van der Waals surface area contributed by atoms with Crippen LogP contribution in [0.2, 0.25) is 0 Å². The van der Waals surface area contributed by atoms with Crippen molar-refractivity contribution in [1.29, 1.82) is 0 Å². The lowest BCUT2D eigenvalue weighted by Crippen LogP contribution is -2.30. The van der Waals surface area contributed by atoms with Crippen molar-refractivity contribution in [3.63, 3.8) is 0 Å². The minimum Gasteiger partial charge on any atom is -0.367 e. The number of aliphatic imine (C=N–C) groups is 1. The van der Waals surface area contributed by atoms with E-state index in [1.54, 1.807) is 0 Å². The summed E-state index contributed by atoms with van der Waals surface area (Å²) < 4.78 is 0. The van der Waals surface area contributed by atoms with Crippen molar-refractivity contribution in [3.05, 3.63) is 34.9 Å². The van der Waals surface area contributed by atoms with Crippen LogP contribution in [0.5, 0.6) is 0 Å². The molecular formula is C20H31ClN2. The third-order valence-corrected chi connectivity index (χ3v) is 5.05. The zero-order valence-corrected chi connectivity index (χ0v) is 15.4. The molecule has 128 valence electrons. The molecule has 1 fully saturated rings. The van der Waals surface area contributed by atoms with E-state index in [2.05, 4.69) is 37.4 Å². The predicted molar refractivity (Wildman–Crippen MR) is 102 cm³/mol.